The Kier molecular flexibility index (Phi) is 5.45. The van der Waals surface area contributed by atoms with E-state index in [1.807, 2.05) is 62.4 Å². The molecule has 0 aromatic heterocycles. The van der Waals surface area contributed by atoms with E-state index in [1.54, 1.807) is 24.3 Å². The highest BCUT2D eigenvalue weighted by molar-refractivity contribution is 5.91. The van der Waals surface area contributed by atoms with Crippen LogP contribution in [0.5, 0.6) is 0 Å². The third-order valence-electron chi connectivity index (χ3n) is 7.37. The maximum atomic E-state index is 13.3. The van der Waals surface area contributed by atoms with Gasteiger partial charge in [0.2, 0.25) is 0 Å². The summed E-state index contributed by atoms with van der Waals surface area (Å²) in [5.41, 5.74) is 7.55. The Morgan fingerprint density at radius 1 is 0.500 bits per heavy atom. The van der Waals surface area contributed by atoms with Crippen LogP contribution in [-0.4, -0.2) is 24.1 Å². The lowest BCUT2D eigenvalue weighted by atomic mass is 9.61. The number of ether oxygens (including phenoxy) is 2. The minimum Gasteiger partial charge on any atom is -0.454 e. The Balaban J connectivity index is 1.43. The highest BCUT2D eigenvalue weighted by Gasteiger charge is 2.53. The van der Waals surface area contributed by atoms with Crippen LogP contribution in [0.4, 0.5) is 0 Å². The highest BCUT2D eigenvalue weighted by Crippen LogP contribution is 2.54. The summed E-state index contributed by atoms with van der Waals surface area (Å²) < 4.78 is 12.4. The molecule has 4 aromatic carbocycles. The highest BCUT2D eigenvalue weighted by atomic mass is 16.6. The average Bonchev–Trinajstić information content (AvgIpc) is 2.90. The first-order chi connectivity index (χ1) is 17.5. The second-order valence-corrected chi connectivity index (χ2v) is 9.69. The molecule has 2 atom stereocenters. The summed E-state index contributed by atoms with van der Waals surface area (Å²) >= 11 is 0. The van der Waals surface area contributed by atoms with Gasteiger partial charge >= 0.3 is 11.9 Å². The number of fused-ring (bicyclic) bond motifs is 1. The molecule has 0 amide bonds. The van der Waals surface area contributed by atoms with Gasteiger partial charge in [-0.15, -0.1) is 0 Å². The van der Waals surface area contributed by atoms with Crippen molar-refractivity contribution in [2.45, 2.75) is 37.9 Å². The van der Waals surface area contributed by atoms with Gasteiger partial charge in [-0.25, -0.2) is 9.59 Å². The molecule has 2 unspecified atom stereocenters. The van der Waals surface area contributed by atoms with Gasteiger partial charge in [-0.05, 0) is 60.4 Å². The van der Waals surface area contributed by atoms with Gasteiger partial charge in [0.1, 0.15) is 0 Å². The molecule has 3 aliphatic rings. The van der Waals surface area contributed by atoms with Crippen molar-refractivity contribution in [3.05, 3.63) is 142 Å². The van der Waals surface area contributed by atoms with Crippen LogP contribution in [0.15, 0.2) is 97.1 Å². The predicted molar refractivity (Wildman–Crippen MR) is 137 cm³/mol. The molecule has 0 aliphatic heterocycles. The van der Waals surface area contributed by atoms with E-state index in [-0.39, 0.29) is 11.8 Å². The van der Waals surface area contributed by atoms with Gasteiger partial charge in [-0.3, -0.25) is 0 Å². The van der Waals surface area contributed by atoms with Crippen LogP contribution in [0.3, 0.4) is 0 Å². The number of carbonyl (C=O) groups excluding carboxylic acids is 2. The summed E-state index contributed by atoms with van der Waals surface area (Å²) in [6.07, 6.45) is -1.30. The molecule has 0 saturated heterocycles. The zero-order valence-electron chi connectivity index (χ0n) is 20.2. The Morgan fingerprint density at radius 2 is 0.806 bits per heavy atom. The quantitative estimate of drug-likeness (QED) is 0.324. The smallest absolute Gasteiger partial charge is 0.338 e. The number of aryl methyl sites for hydroxylation is 2. The standard InChI is InChI=1S/C32H26O4/c1-19-11-15-21(16-12-19)31(33)35-29-27-23-7-3-5-9-25(23)28(26-10-6-4-8-24(26)27)30(29)36-32(34)22-17-13-20(2)14-18-22/h3-18,27-30H,1-2H3/t27-,28-,29?,30?. The Morgan fingerprint density at radius 3 is 1.11 bits per heavy atom. The largest absolute Gasteiger partial charge is 0.454 e. The summed E-state index contributed by atoms with van der Waals surface area (Å²) in [4.78, 5) is 26.6. The average molecular weight is 475 g/mol. The third-order valence-corrected chi connectivity index (χ3v) is 7.37. The van der Waals surface area contributed by atoms with E-state index in [4.69, 9.17) is 9.47 Å². The number of hydrogen-bond acceptors (Lipinski definition) is 4. The SMILES string of the molecule is Cc1ccc(C(=O)OC2C(OC(=O)c3ccc(C)cc3)[C@H]3c4ccccc4[C@H]2c2ccccc23)cc1. The number of esters is 2. The minimum atomic E-state index is -0.650. The summed E-state index contributed by atoms with van der Waals surface area (Å²) in [7, 11) is 0. The van der Waals surface area contributed by atoms with Gasteiger partial charge in [-0.2, -0.15) is 0 Å². The molecule has 4 aromatic rings. The van der Waals surface area contributed by atoms with E-state index in [0.717, 1.165) is 33.4 Å². The predicted octanol–water partition coefficient (Wildman–Crippen LogP) is 6.35. The molecule has 0 heterocycles. The molecule has 2 bridgehead atoms. The van der Waals surface area contributed by atoms with Crippen molar-refractivity contribution >= 4 is 11.9 Å². The van der Waals surface area contributed by atoms with E-state index in [0.29, 0.717) is 11.1 Å². The van der Waals surface area contributed by atoms with Crippen molar-refractivity contribution < 1.29 is 19.1 Å². The lowest BCUT2D eigenvalue weighted by Crippen LogP contribution is -2.51. The molecule has 178 valence electrons. The molecule has 36 heavy (non-hydrogen) atoms. The fraction of sp³-hybridized carbons (Fsp3) is 0.188. The molecule has 7 rings (SSSR count). The van der Waals surface area contributed by atoms with E-state index < -0.39 is 24.1 Å². The maximum Gasteiger partial charge on any atom is 0.338 e. The van der Waals surface area contributed by atoms with Gasteiger partial charge in [0, 0.05) is 0 Å². The van der Waals surface area contributed by atoms with Gasteiger partial charge in [0.05, 0.1) is 23.0 Å². The molecule has 0 N–H and O–H groups in total. The van der Waals surface area contributed by atoms with Crippen molar-refractivity contribution in [3.8, 4) is 0 Å². The van der Waals surface area contributed by atoms with E-state index in [2.05, 4.69) is 24.3 Å². The van der Waals surface area contributed by atoms with Gasteiger partial charge in [0.15, 0.2) is 12.2 Å². The van der Waals surface area contributed by atoms with E-state index in [1.165, 1.54) is 0 Å². The lowest BCUT2D eigenvalue weighted by Gasteiger charge is -2.49. The Hall–Kier alpha value is -4.18. The Labute approximate surface area is 210 Å². The number of rotatable bonds is 4. The van der Waals surface area contributed by atoms with Crippen LogP contribution in [0.2, 0.25) is 0 Å². The van der Waals surface area contributed by atoms with Crippen molar-refractivity contribution in [1.29, 1.82) is 0 Å². The molecular weight excluding hydrogens is 448 g/mol. The lowest BCUT2D eigenvalue weighted by molar-refractivity contribution is -0.0557. The van der Waals surface area contributed by atoms with Gasteiger partial charge in [-0.1, -0.05) is 83.9 Å². The minimum absolute atomic E-state index is 0.229. The molecule has 4 nitrogen and oxygen atoms in total. The van der Waals surface area contributed by atoms with Crippen molar-refractivity contribution in [1.82, 2.24) is 0 Å². The van der Waals surface area contributed by atoms with Crippen LogP contribution < -0.4 is 0 Å². The first kappa shape index (κ1) is 22.3. The second kappa shape index (κ2) is 8.80. The van der Waals surface area contributed by atoms with E-state index in [9.17, 15) is 9.59 Å². The van der Waals surface area contributed by atoms with Crippen LogP contribution >= 0.6 is 0 Å². The molecule has 0 fully saturated rings. The van der Waals surface area contributed by atoms with Crippen LogP contribution in [0.25, 0.3) is 0 Å². The number of hydrogen-bond donors (Lipinski definition) is 0. The first-order valence-corrected chi connectivity index (χ1v) is 12.2. The van der Waals surface area contributed by atoms with Crippen LogP contribution in [0, 0.1) is 13.8 Å². The molecule has 0 spiro atoms. The molecule has 0 saturated carbocycles. The van der Waals surface area contributed by atoms with E-state index >= 15 is 0 Å². The monoisotopic (exact) mass is 474 g/mol. The zero-order valence-corrected chi connectivity index (χ0v) is 20.2. The van der Waals surface area contributed by atoms with Crippen molar-refractivity contribution in [2.75, 3.05) is 0 Å². The van der Waals surface area contributed by atoms with Crippen LogP contribution in [0.1, 0.15) is 65.9 Å². The zero-order chi connectivity index (χ0) is 24.8. The topological polar surface area (TPSA) is 52.6 Å². The number of carbonyl (C=O) groups is 2. The molecular formula is C32H26O4. The Bertz CT molecular complexity index is 1290. The second-order valence-electron chi connectivity index (χ2n) is 9.69. The number of benzene rings is 4. The molecule has 0 radical (unpaired) electrons. The first-order valence-electron chi connectivity index (χ1n) is 12.2. The third kappa shape index (κ3) is 3.70. The van der Waals surface area contributed by atoms with Crippen LogP contribution in [-0.2, 0) is 9.47 Å². The summed E-state index contributed by atoms with van der Waals surface area (Å²) in [5, 5.41) is 0. The van der Waals surface area contributed by atoms with Gasteiger partial charge < -0.3 is 9.47 Å². The summed E-state index contributed by atoms with van der Waals surface area (Å²) in [6.45, 7) is 3.95. The fourth-order valence-electron chi connectivity index (χ4n) is 5.61. The maximum absolute atomic E-state index is 13.3. The summed E-state index contributed by atoms with van der Waals surface area (Å²) in [5.74, 6) is -1.29. The fourth-order valence-corrected chi connectivity index (χ4v) is 5.61. The van der Waals surface area contributed by atoms with Gasteiger partial charge in [0.25, 0.3) is 0 Å². The molecule has 4 heteroatoms. The summed E-state index contributed by atoms with van der Waals surface area (Å²) in [6, 6.07) is 31.1. The molecule has 3 aliphatic carbocycles. The van der Waals surface area contributed by atoms with Crippen molar-refractivity contribution in [2.24, 2.45) is 0 Å². The normalized spacial score (nSPS) is 21.3. The van der Waals surface area contributed by atoms with Crippen molar-refractivity contribution in [3.63, 3.8) is 0 Å².